The van der Waals surface area contributed by atoms with Crippen LogP contribution in [0.1, 0.15) is 10.8 Å². The highest BCUT2D eigenvalue weighted by atomic mass is 32.2. The number of nitrogens with zero attached hydrogens (tertiary/aromatic N) is 4. The van der Waals surface area contributed by atoms with Crippen LogP contribution in [0.2, 0.25) is 0 Å². The van der Waals surface area contributed by atoms with Crippen LogP contribution in [-0.2, 0) is 7.05 Å². The Morgan fingerprint density at radius 2 is 2.05 bits per heavy atom. The summed E-state index contributed by atoms with van der Waals surface area (Å²) in [5.41, 5.74) is 7.84. The highest BCUT2D eigenvalue weighted by Crippen LogP contribution is 2.35. The zero-order valence-electron chi connectivity index (χ0n) is 10.8. The van der Waals surface area contributed by atoms with Crippen molar-refractivity contribution in [3.63, 3.8) is 0 Å². The molecule has 5 nitrogen and oxygen atoms in total. The number of nitrogens with two attached hydrogens (primary N) is 1. The third-order valence-corrected chi connectivity index (χ3v) is 4.93. The van der Waals surface area contributed by atoms with Gasteiger partial charge < -0.3 is 10.3 Å². The van der Waals surface area contributed by atoms with Crippen LogP contribution in [0.25, 0.3) is 10.2 Å². The van der Waals surface area contributed by atoms with Gasteiger partial charge in [-0.15, -0.1) is 21.5 Å². The van der Waals surface area contributed by atoms with Gasteiger partial charge in [-0.25, -0.2) is 4.98 Å². The third kappa shape index (κ3) is 2.19. The van der Waals surface area contributed by atoms with Gasteiger partial charge in [-0.2, -0.15) is 0 Å². The van der Waals surface area contributed by atoms with Crippen molar-refractivity contribution in [1.29, 1.82) is 0 Å². The van der Waals surface area contributed by atoms with Crippen molar-refractivity contribution in [3.05, 3.63) is 23.0 Å². The zero-order chi connectivity index (χ0) is 13.6. The SMILES string of the molecule is Cc1nc2cc(Sc3nnc(C)n3C)c(N)cc2s1. The molecule has 0 amide bonds. The van der Waals surface area contributed by atoms with Crippen LogP contribution in [-0.4, -0.2) is 19.7 Å². The maximum absolute atomic E-state index is 6.10. The van der Waals surface area contributed by atoms with E-state index in [2.05, 4.69) is 15.2 Å². The van der Waals surface area contributed by atoms with Gasteiger partial charge in [0.2, 0.25) is 0 Å². The Bertz CT molecular complexity index is 759. The monoisotopic (exact) mass is 291 g/mol. The number of thiazole rings is 1. The Balaban J connectivity index is 2.04. The summed E-state index contributed by atoms with van der Waals surface area (Å²) in [7, 11) is 1.94. The summed E-state index contributed by atoms with van der Waals surface area (Å²) in [6.07, 6.45) is 0. The molecule has 7 heteroatoms. The van der Waals surface area contributed by atoms with Crippen molar-refractivity contribution >= 4 is 39.0 Å². The van der Waals surface area contributed by atoms with Gasteiger partial charge in [0.1, 0.15) is 5.82 Å². The molecule has 19 heavy (non-hydrogen) atoms. The molecular weight excluding hydrogens is 278 g/mol. The summed E-state index contributed by atoms with van der Waals surface area (Å²) in [5, 5.41) is 10.1. The van der Waals surface area contributed by atoms with E-state index in [1.165, 1.54) is 11.8 Å². The topological polar surface area (TPSA) is 69.6 Å². The van der Waals surface area contributed by atoms with E-state index in [0.717, 1.165) is 36.8 Å². The highest BCUT2D eigenvalue weighted by Gasteiger charge is 2.11. The summed E-state index contributed by atoms with van der Waals surface area (Å²) in [6, 6.07) is 3.99. The second-order valence-corrected chi connectivity index (χ2v) is 6.53. The van der Waals surface area contributed by atoms with E-state index in [1.54, 1.807) is 11.3 Å². The fourth-order valence-corrected chi connectivity index (χ4v) is 3.50. The van der Waals surface area contributed by atoms with Crippen LogP contribution < -0.4 is 5.73 Å². The Kier molecular flexibility index (Phi) is 2.94. The minimum Gasteiger partial charge on any atom is -0.398 e. The molecule has 0 aliphatic carbocycles. The quantitative estimate of drug-likeness (QED) is 0.735. The molecule has 0 fully saturated rings. The molecule has 0 aliphatic rings. The molecule has 0 unspecified atom stereocenters. The lowest BCUT2D eigenvalue weighted by molar-refractivity contribution is 0.766. The lowest BCUT2D eigenvalue weighted by atomic mass is 10.3. The molecule has 98 valence electrons. The van der Waals surface area contributed by atoms with E-state index in [9.17, 15) is 0 Å². The number of nitrogen functional groups attached to an aromatic ring is 1. The summed E-state index contributed by atoms with van der Waals surface area (Å²) >= 11 is 3.17. The predicted octanol–water partition coefficient (Wildman–Crippen LogP) is 2.78. The van der Waals surface area contributed by atoms with E-state index < -0.39 is 0 Å². The smallest absolute Gasteiger partial charge is 0.195 e. The molecule has 0 aliphatic heterocycles. The molecule has 0 saturated carbocycles. The number of aryl methyl sites for hydroxylation is 2. The van der Waals surface area contributed by atoms with Crippen molar-refractivity contribution in [2.75, 3.05) is 5.73 Å². The van der Waals surface area contributed by atoms with Gasteiger partial charge in [-0.1, -0.05) is 0 Å². The van der Waals surface area contributed by atoms with Gasteiger partial charge in [-0.3, -0.25) is 0 Å². The molecule has 0 radical (unpaired) electrons. The molecule has 2 N–H and O–H groups in total. The van der Waals surface area contributed by atoms with Gasteiger partial charge in [0.05, 0.1) is 15.2 Å². The van der Waals surface area contributed by atoms with Gasteiger partial charge in [-0.05, 0) is 37.7 Å². The Labute approximate surface area is 118 Å². The molecule has 0 spiro atoms. The normalized spacial score (nSPS) is 11.3. The molecule has 0 bridgehead atoms. The van der Waals surface area contributed by atoms with Crippen molar-refractivity contribution in [2.24, 2.45) is 7.05 Å². The van der Waals surface area contributed by atoms with Crippen molar-refractivity contribution in [2.45, 2.75) is 23.9 Å². The molecule has 3 rings (SSSR count). The van der Waals surface area contributed by atoms with E-state index in [1.807, 2.05) is 37.6 Å². The van der Waals surface area contributed by atoms with Crippen LogP contribution in [0.15, 0.2) is 22.2 Å². The van der Waals surface area contributed by atoms with Crippen molar-refractivity contribution in [3.8, 4) is 0 Å². The lowest BCUT2D eigenvalue weighted by Gasteiger charge is -2.05. The maximum Gasteiger partial charge on any atom is 0.195 e. The molecule has 2 heterocycles. The summed E-state index contributed by atoms with van der Waals surface area (Å²) < 4.78 is 3.06. The van der Waals surface area contributed by atoms with E-state index in [-0.39, 0.29) is 0 Å². The predicted molar refractivity (Wildman–Crippen MR) is 78.6 cm³/mol. The molecular formula is C12H13N5S2. The minimum atomic E-state index is 0.752. The van der Waals surface area contributed by atoms with E-state index in [4.69, 9.17) is 5.73 Å². The van der Waals surface area contributed by atoms with Gasteiger partial charge in [0.25, 0.3) is 0 Å². The molecule has 3 aromatic rings. The summed E-state index contributed by atoms with van der Waals surface area (Å²) in [4.78, 5) is 5.46. The fraction of sp³-hybridized carbons (Fsp3) is 0.250. The molecule has 0 saturated heterocycles. The molecule has 2 aromatic heterocycles. The second-order valence-electron chi connectivity index (χ2n) is 4.28. The van der Waals surface area contributed by atoms with E-state index >= 15 is 0 Å². The number of anilines is 1. The van der Waals surface area contributed by atoms with Crippen molar-refractivity contribution < 1.29 is 0 Å². The van der Waals surface area contributed by atoms with Crippen LogP contribution in [0.5, 0.6) is 0 Å². The number of hydrogen-bond donors (Lipinski definition) is 1. The summed E-state index contributed by atoms with van der Waals surface area (Å²) in [6.45, 7) is 3.92. The Hall–Kier alpha value is -1.60. The highest BCUT2D eigenvalue weighted by molar-refractivity contribution is 7.99. The second kappa shape index (κ2) is 4.50. The number of rotatable bonds is 2. The van der Waals surface area contributed by atoms with Crippen molar-refractivity contribution in [1.82, 2.24) is 19.7 Å². The first-order chi connectivity index (χ1) is 9.04. The van der Waals surface area contributed by atoms with Crippen LogP contribution in [0.3, 0.4) is 0 Å². The average Bonchev–Trinajstić information content (AvgIpc) is 2.85. The summed E-state index contributed by atoms with van der Waals surface area (Å²) in [5.74, 6) is 0.881. The number of fused-ring (bicyclic) bond motifs is 1. The van der Waals surface area contributed by atoms with E-state index in [0.29, 0.717) is 0 Å². The maximum atomic E-state index is 6.10. The first kappa shape index (κ1) is 12.4. The molecule has 0 atom stereocenters. The number of benzene rings is 1. The third-order valence-electron chi connectivity index (χ3n) is 2.88. The zero-order valence-corrected chi connectivity index (χ0v) is 12.5. The van der Waals surface area contributed by atoms with Gasteiger partial charge in [0, 0.05) is 17.6 Å². The first-order valence-electron chi connectivity index (χ1n) is 5.75. The van der Waals surface area contributed by atoms with Gasteiger partial charge in [0.15, 0.2) is 5.16 Å². The average molecular weight is 291 g/mol. The standard InChI is InChI=1S/C12H13N5S2/c1-6-15-16-12(17(6)3)19-10-5-9-11(4-8(10)13)18-7(2)14-9/h4-5H,13H2,1-3H3. The van der Waals surface area contributed by atoms with Crippen LogP contribution in [0, 0.1) is 13.8 Å². The lowest BCUT2D eigenvalue weighted by Crippen LogP contribution is -1.94. The Morgan fingerprint density at radius 3 is 2.74 bits per heavy atom. The largest absolute Gasteiger partial charge is 0.398 e. The molecule has 1 aromatic carbocycles. The number of hydrogen-bond acceptors (Lipinski definition) is 6. The van der Waals surface area contributed by atoms with Crippen LogP contribution in [0.4, 0.5) is 5.69 Å². The first-order valence-corrected chi connectivity index (χ1v) is 7.38. The number of aromatic nitrogens is 4. The van der Waals surface area contributed by atoms with Crippen LogP contribution >= 0.6 is 23.1 Å². The Morgan fingerprint density at radius 1 is 1.26 bits per heavy atom. The minimum absolute atomic E-state index is 0.752. The fourth-order valence-electron chi connectivity index (χ4n) is 1.75. The van der Waals surface area contributed by atoms with Gasteiger partial charge >= 0.3 is 0 Å².